The second kappa shape index (κ2) is 16.5. The quantitative estimate of drug-likeness (QED) is 0.0361. The van der Waals surface area contributed by atoms with Crippen molar-refractivity contribution in [2.75, 3.05) is 25.7 Å². The van der Waals surface area contributed by atoms with E-state index in [-0.39, 0.29) is 86.0 Å². The average Bonchev–Trinajstić information content (AvgIpc) is 3.15. The van der Waals surface area contributed by atoms with Crippen molar-refractivity contribution in [3.8, 4) is 22.6 Å². The fourth-order valence-corrected chi connectivity index (χ4v) is 8.84. The summed E-state index contributed by atoms with van der Waals surface area (Å²) in [6.45, 7) is 0. The Morgan fingerprint density at radius 2 is 0.780 bits per heavy atom. The van der Waals surface area contributed by atoms with Gasteiger partial charge in [-0.3, -0.25) is 18.2 Å². The van der Waals surface area contributed by atoms with Crippen LogP contribution in [0.5, 0.6) is 11.5 Å². The fourth-order valence-electron chi connectivity index (χ4n) is 5.96. The predicted octanol–water partition coefficient (Wildman–Crippen LogP) is 6.28. The van der Waals surface area contributed by atoms with Crippen LogP contribution in [0.1, 0.15) is 0 Å². The van der Waals surface area contributed by atoms with Crippen molar-refractivity contribution in [2.45, 2.75) is 19.6 Å². The number of ether oxygens (including phenoxy) is 2. The molecule has 0 aromatic heterocycles. The molecule has 59 heavy (non-hydrogen) atoms. The van der Waals surface area contributed by atoms with Crippen molar-refractivity contribution in [3.05, 3.63) is 84.9 Å². The number of fused-ring (bicyclic) bond motifs is 2. The van der Waals surface area contributed by atoms with Crippen LogP contribution < -0.4 is 20.9 Å². The summed E-state index contributed by atoms with van der Waals surface area (Å²) in [5, 5.41) is 14.8. The summed E-state index contributed by atoms with van der Waals surface area (Å²) in [6, 6.07) is 17.6. The number of nitrogens with two attached hydrogens (primary N) is 2. The van der Waals surface area contributed by atoms with Gasteiger partial charge < -0.3 is 20.9 Å². The molecule has 6 rings (SSSR count). The van der Waals surface area contributed by atoms with Crippen LogP contribution in [0, 0.1) is 0 Å². The van der Waals surface area contributed by atoms with Gasteiger partial charge in [0.2, 0.25) is 0 Å². The zero-order valence-corrected chi connectivity index (χ0v) is 35.8. The average molecular weight is 896 g/mol. The number of hydrogen-bond donors (Lipinski definition) is 6. The van der Waals surface area contributed by atoms with Crippen molar-refractivity contribution >= 4 is 126 Å². The minimum atomic E-state index is -4.96. The fraction of sp³-hybridized carbons (Fsp3) is 0.0588. The molecule has 303 valence electrons. The molecule has 0 bridgehead atoms. The van der Waals surface area contributed by atoms with Gasteiger partial charge in [-0.1, -0.05) is 36.4 Å². The molecule has 20 nitrogen and oxygen atoms in total. The van der Waals surface area contributed by atoms with Gasteiger partial charge in [0, 0.05) is 51.1 Å². The topological polar surface area (TPSA) is 337 Å². The van der Waals surface area contributed by atoms with Crippen molar-refractivity contribution in [1.29, 1.82) is 0 Å². The van der Waals surface area contributed by atoms with E-state index in [1.165, 1.54) is 38.5 Å². The van der Waals surface area contributed by atoms with Gasteiger partial charge in [-0.25, -0.2) is 0 Å². The molecule has 6 aromatic rings. The first-order valence-corrected chi connectivity index (χ1v) is 21.6. The Morgan fingerprint density at radius 3 is 1.08 bits per heavy atom. The Hall–Kier alpha value is -5.12. The number of anilines is 2. The second-order valence-corrected chi connectivity index (χ2v) is 17.6. The molecule has 0 aliphatic rings. The van der Waals surface area contributed by atoms with E-state index in [2.05, 4.69) is 20.5 Å². The number of hydrogen-bond acceptors (Lipinski definition) is 16. The van der Waals surface area contributed by atoms with Crippen LogP contribution in [0.2, 0.25) is 0 Å². The summed E-state index contributed by atoms with van der Waals surface area (Å²) < 4.78 is 148. The third-order valence-corrected chi connectivity index (χ3v) is 12.1. The number of nitrogens with zero attached hydrogens (tertiary/aromatic N) is 4. The molecule has 0 heterocycles. The van der Waals surface area contributed by atoms with Crippen LogP contribution in [0.25, 0.3) is 32.7 Å². The Labute approximate surface area is 357 Å². The van der Waals surface area contributed by atoms with Crippen molar-refractivity contribution < 1.29 is 61.4 Å². The van der Waals surface area contributed by atoms with Crippen molar-refractivity contribution in [3.63, 3.8) is 0 Å². The molecule has 0 fully saturated rings. The van der Waals surface area contributed by atoms with E-state index in [0.29, 0.717) is 11.1 Å². The standard InChI is InChI=1S/C34H28N6O14S4.Na/c1-53-25-13-17(9-11-21(25)37-39-23-15-29(57(47,48)49)19-5-3-7-27(55(41,42)43)31(19)33(23)35)18-10-12-22(26(14-18)54-2)38-40-24-16-30(58(50,51)52)20-6-4-8-28(56(44,45)46)32(20)34(24)36;/h3-16H,35-36H2,1-2H3,(H,41,42,43)(H,44,45,46)(H,47,48,49)(H,50,51,52);. The Balaban J connectivity index is 0.00000661. The van der Waals surface area contributed by atoms with Gasteiger partial charge in [0.05, 0.1) is 25.6 Å². The van der Waals surface area contributed by atoms with Gasteiger partial charge in [0.25, 0.3) is 40.5 Å². The van der Waals surface area contributed by atoms with E-state index in [4.69, 9.17) is 20.9 Å². The maximum atomic E-state index is 12.3. The van der Waals surface area contributed by atoms with E-state index in [0.717, 1.165) is 36.4 Å². The smallest absolute Gasteiger partial charge is 0.295 e. The largest absolute Gasteiger partial charge is 0.494 e. The third kappa shape index (κ3) is 9.07. The van der Waals surface area contributed by atoms with Crippen LogP contribution in [-0.2, 0) is 40.5 Å². The van der Waals surface area contributed by atoms with E-state index < -0.39 is 70.8 Å². The zero-order valence-electron chi connectivity index (χ0n) is 30.5. The van der Waals surface area contributed by atoms with E-state index in [1.807, 2.05) is 0 Å². The summed E-state index contributed by atoms with van der Waals surface area (Å²) in [7, 11) is -17.1. The number of azo groups is 2. The molecule has 0 unspecified atom stereocenters. The molecule has 0 amide bonds. The van der Waals surface area contributed by atoms with Crippen molar-refractivity contribution in [2.24, 2.45) is 20.5 Å². The maximum Gasteiger partial charge on any atom is 0.295 e. The molecule has 6 aromatic carbocycles. The Bertz CT molecular complexity index is 3020. The normalized spacial score (nSPS) is 12.6. The molecule has 8 N–H and O–H groups in total. The predicted molar refractivity (Wildman–Crippen MR) is 215 cm³/mol. The van der Waals surface area contributed by atoms with Gasteiger partial charge in [-0.2, -0.15) is 33.7 Å². The van der Waals surface area contributed by atoms with Crippen LogP contribution in [0.15, 0.2) is 125 Å². The monoisotopic (exact) mass is 895 g/mol. The van der Waals surface area contributed by atoms with Gasteiger partial charge >= 0.3 is 0 Å². The van der Waals surface area contributed by atoms with Gasteiger partial charge in [0.1, 0.15) is 53.8 Å². The van der Waals surface area contributed by atoms with Gasteiger partial charge in [-0.05, 0) is 59.7 Å². The van der Waals surface area contributed by atoms with Crippen LogP contribution in [-0.4, -0.2) is 95.7 Å². The number of methoxy groups -OCH3 is 2. The molecule has 0 saturated heterocycles. The molecular formula is C34H28N6NaO14S4. The van der Waals surface area contributed by atoms with Crippen molar-refractivity contribution in [1.82, 2.24) is 0 Å². The molecular weight excluding hydrogens is 868 g/mol. The van der Waals surface area contributed by atoms with Gasteiger partial charge in [-0.15, -0.1) is 20.5 Å². The Morgan fingerprint density at radius 1 is 0.458 bits per heavy atom. The van der Waals surface area contributed by atoms with Crippen LogP contribution in [0.3, 0.4) is 0 Å². The number of nitrogen functional groups attached to an aromatic ring is 2. The first-order valence-electron chi connectivity index (χ1n) is 15.8. The molecule has 0 aliphatic carbocycles. The summed E-state index contributed by atoms with van der Waals surface area (Å²) in [4.78, 5) is -2.95. The van der Waals surface area contributed by atoms with Crippen LogP contribution in [0.4, 0.5) is 34.1 Å². The summed E-state index contributed by atoms with van der Waals surface area (Å²) in [6.07, 6.45) is 0. The molecule has 0 spiro atoms. The molecule has 25 heteroatoms. The van der Waals surface area contributed by atoms with Gasteiger partial charge in [0.15, 0.2) is 0 Å². The molecule has 0 aliphatic heterocycles. The molecule has 0 atom stereocenters. The van der Waals surface area contributed by atoms with Crippen LogP contribution >= 0.6 is 0 Å². The minimum Gasteiger partial charge on any atom is -0.494 e. The molecule has 0 saturated carbocycles. The zero-order chi connectivity index (χ0) is 42.5. The van der Waals surface area contributed by atoms with E-state index >= 15 is 0 Å². The van der Waals surface area contributed by atoms with E-state index in [1.54, 1.807) is 24.3 Å². The third-order valence-electron chi connectivity index (χ3n) is 8.54. The Kier molecular flexibility index (Phi) is 12.6. The molecule has 1 radical (unpaired) electrons. The first-order chi connectivity index (χ1) is 27.0. The second-order valence-electron chi connectivity index (χ2n) is 12.0. The minimum absolute atomic E-state index is 0. The SMILES string of the molecule is COc1cc(-c2ccc(N=Nc3cc(S(=O)(=O)O)c4cccc(S(=O)(=O)O)c4c3N)c(OC)c2)ccc1N=Nc1cc(S(=O)(=O)O)c2cccc(S(=O)(=O)O)c2c1N.[Na]. The number of benzene rings is 6. The van der Waals surface area contributed by atoms with E-state index in [9.17, 15) is 51.9 Å². The summed E-state index contributed by atoms with van der Waals surface area (Å²) in [5.41, 5.74) is 12.2. The first kappa shape index (κ1) is 45.0. The summed E-state index contributed by atoms with van der Waals surface area (Å²) >= 11 is 0. The maximum absolute atomic E-state index is 12.3. The summed E-state index contributed by atoms with van der Waals surface area (Å²) in [5.74, 6) is 0.283. The number of rotatable bonds is 11.